The summed E-state index contributed by atoms with van der Waals surface area (Å²) in [6.45, 7) is 5.67. The number of H-pyrrole nitrogens is 1. The Balaban J connectivity index is 1.99. The second-order valence-electron chi connectivity index (χ2n) is 7.42. The lowest BCUT2D eigenvalue weighted by atomic mass is 9.84. The molecule has 0 aromatic carbocycles. The van der Waals surface area contributed by atoms with Gasteiger partial charge in [0.2, 0.25) is 0 Å². The van der Waals surface area contributed by atoms with Crippen LogP contribution in [0.1, 0.15) is 27.2 Å². The molecular formula is C18H21F2N5O2. The van der Waals surface area contributed by atoms with Crippen molar-refractivity contribution in [3.63, 3.8) is 0 Å². The zero-order valence-corrected chi connectivity index (χ0v) is 15.2. The Morgan fingerprint density at radius 3 is 2.59 bits per heavy atom. The van der Waals surface area contributed by atoms with Crippen LogP contribution in [0, 0.1) is 17.0 Å². The van der Waals surface area contributed by atoms with Crippen molar-refractivity contribution < 1.29 is 19.0 Å². The lowest BCUT2D eigenvalue weighted by Crippen LogP contribution is -2.37. The molecule has 3 heterocycles. The highest BCUT2D eigenvalue weighted by Gasteiger charge is 2.28. The fourth-order valence-corrected chi connectivity index (χ4v) is 2.77. The molecule has 3 aromatic heterocycles. The number of aromatic nitrogens is 4. The zero-order valence-electron chi connectivity index (χ0n) is 15.2. The van der Waals surface area contributed by atoms with Crippen LogP contribution in [0.25, 0.3) is 22.4 Å². The predicted molar refractivity (Wildman–Crippen MR) is 96.7 cm³/mol. The Hall–Kier alpha value is -2.65. The van der Waals surface area contributed by atoms with Crippen LogP contribution in [0.3, 0.4) is 0 Å². The Kier molecular flexibility index (Phi) is 5.07. The number of nitrogens with zero attached hydrogens (tertiary/aromatic N) is 3. The first kappa shape index (κ1) is 19.1. The summed E-state index contributed by atoms with van der Waals surface area (Å²) in [6, 6.07) is 0.838. The van der Waals surface area contributed by atoms with Crippen molar-refractivity contribution in [2.75, 3.05) is 5.32 Å². The molecule has 1 unspecified atom stereocenters. The first-order chi connectivity index (χ1) is 12.6. The van der Waals surface area contributed by atoms with E-state index in [0.717, 1.165) is 12.4 Å². The fraction of sp³-hybridized carbons (Fsp3) is 0.389. The molecule has 0 spiro atoms. The van der Waals surface area contributed by atoms with Crippen molar-refractivity contribution in [2.24, 2.45) is 5.41 Å². The summed E-state index contributed by atoms with van der Waals surface area (Å²) in [5, 5.41) is 22.1. The Labute approximate surface area is 154 Å². The minimum absolute atomic E-state index is 0.00943. The predicted octanol–water partition coefficient (Wildman–Crippen LogP) is 2.83. The molecule has 3 rings (SSSR count). The number of aliphatic hydroxyl groups excluding tert-OH is 1. The van der Waals surface area contributed by atoms with Gasteiger partial charge in [-0.05, 0) is 11.5 Å². The van der Waals surface area contributed by atoms with E-state index in [-0.39, 0.29) is 18.1 Å². The van der Waals surface area contributed by atoms with Gasteiger partial charge in [-0.15, -0.1) is 0 Å². The second kappa shape index (κ2) is 7.16. The molecule has 0 amide bonds. The lowest BCUT2D eigenvalue weighted by molar-refractivity contribution is -0.0541. The van der Waals surface area contributed by atoms with Crippen LogP contribution in [-0.4, -0.2) is 42.5 Å². The van der Waals surface area contributed by atoms with Crippen molar-refractivity contribution in [3.05, 3.63) is 36.3 Å². The third-order valence-corrected chi connectivity index (χ3v) is 4.29. The zero-order chi connectivity index (χ0) is 19.8. The van der Waals surface area contributed by atoms with Crippen LogP contribution < -0.4 is 5.32 Å². The van der Waals surface area contributed by atoms with E-state index >= 15 is 0 Å². The highest BCUT2D eigenvalue weighted by Crippen LogP contribution is 2.29. The van der Waals surface area contributed by atoms with Gasteiger partial charge < -0.3 is 20.5 Å². The van der Waals surface area contributed by atoms with Crippen molar-refractivity contribution >= 4 is 16.9 Å². The minimum atomic E-state index is -1.55. The van der Waals surface area contributed by atoms with Gasteiger partial charge in [0.05, 0.1) is 12.4 Å². The topological polar surface area (TPSA) is 107 Å². The molecule has 9 heteroatoms. The van der Waals surface area contributed by atoms with E-state index in [1.165, 1.54) is 6.07 Å². The molecule has 0 fully saturated rings. The van der Waals surface area contributed by atoms with Gasteiger partial charge in [0, 0.05) is 29.6 Å². The quantitative estimate of drug-likeness (QED) is 0.510. The van der Waals surface area contributed by atoms with Gasteiger partial charge in [-0.3, -0.25) is 0 Å². The average Bonchev–Trinajstić information content (AvgIpc) is 2.98. The largest absolute Gasteiger partial charge is 0.368 e. The molecule has 0 saturated heterocycles. The van der Waals surface area contributed by atoms with Gasteiger partial charge >= 0.3 is 0 Å². The summed E-state index contributed by atoms with van der Waals surface area (Å²) in [4.78, 5) is 15.1. The molecule has 4 N–H and O–H groups in total. The molecule has 27 heavy (non-hydrogen) atoms. The lowest BCUT2D eigenvalue weighted by Gasteiger charge is -2.32. The monoisotopic (exact) mass is 377 g/mol. The maximum Gasteiger partial charge on any atom is 0.183 e. The SMILES string of the molecule is CC(C)(C)C(CC(O)O)Nc1nc(-c2c[nH]c3ncc(F)cc23)ncc1F. The van der Waals surface area contributed by atoms with Crippen LogP contribution >= 0.6 is 0 Å². The van der Waals surface area contributed by atoms with E-state index in [0.29, 0.717) is 16.6 Å². The summed E-state index contributed by atoms with van der Waals surface area (Å²) in [5.74, 6) is -1.06. The van der Waals surface area contributed by atoms with Crippen LogP contribution in [0.15, 0.2) is 24.7 Å². The molecule has 1 atom stereocenters. The Morgan fingerprint density at radius 1 is 1.19 bits per heavy atom. The number of nitrogens with one attached hydrogen (secondary N) is 2. The molecule has 0 radical (unpaired) electrons. The first-order valence-electron chi connectivity index (χ1n) is 8.43. The summed E-state index contributed by atoms with van der Waals surface area (Å²) < 4.78 is 27.8. The number of fused-ring (bicyclic) bond motifs is 1. The fourth-order valence-electron chi connectivity index (χ4n) is 2.77. The molecule has 0 saturated carbocycles. The number of halogens is 2. The molecule has 0 aliphatic rings. The molecule has 0 aliphatic carbocycles. The Bertz CT molecular complexity index is 953. The van der Waals surface area contributed by atoms with E-state index in [9.17, 15) is 19.0 Å². The number of aliphatic hydroxyl groups is 2. The van der Waals surface area contributed by atoms with E-state index in [1.54, 1.807) is 6.20 Å². The maximum absolute atomic E-state index is 14.3. The van der Waals surface area contributed by atoms with Gasteiger partial charge in [0.15, 0.2) is 23.7 Å². The van der Waals surface area contributed by atoms with Gasteiger partial charge in [-0.1, -0.05) is 20.8 Å². The summed E-state index contributed by atoms with van der Waals surface area (Å²) in [7, 11) is 0. The number of pyridine rings is 1. The van der Waals surface area contributed by atoms with Gasteiger partial charge in [0.1, 0.15) is 11.5 Å². The van der Waals surface area contributed by atoms with Crippen LogP contribution in [0.4, 0.5) is 14.6 Å². The van der Waals surface area contributed by atoms with Gasteiger partial charge in [0.25, 0.3) is 0 Å². The minimum Gasteiger partial charge on any atom is -0.368 e. The molecule has 0 aliphatic heterocycles. The number of aromatic amines is 1. The van der Waals surface area contributed by atoms with Crippen molar-refractivity contribution in [3.8, 4) is 11.4 Å². The summed E-state index contributed by atoms with van der Waals surface area (Å²) in [6.07, 6.45) is 2.13. The van der Waals surface area contributed by atoms with Crippen LogP contribution in [0.2, 0.25) is 0 Å². The van der Waals surface area contributed by atoms with Gasteiger partial charge in [-0.25, -0.2) is 23.7 Å². The first-order valence-corrected chi connectivity index (χ1v) is 8.43. The van der Waals surface area contributed by atoms with Gasteiger partial charge in [-0.2, -0.15) is 0 Å². The molecule has 7 nitrogen and oxygen atoms in total. The van der Waals surface area contributed by atoms with E-state index in [4.69, 9.17) is 0 Å². The molecular weight excluding hydrogens is 356 g/mol. The van der Waals surface area contributed by atoms with Crippen LogP contribution in [0.5, 0.6) is 0 Å². The Morgan fingerprint density at radius 2 is 1.93 bits per heavy atom. The van der Waals surface area contributed by atoms with E-state index in [2.05, 4.69) is 25.3 Å². The maximum atomic E-state index is 14.3. The number of anilines is 1. The number of hydrogen-bond donors (Lipinski definition) is 4. The van der Waals surface area contributed by atoms with Crippen LogP contribution in [-0.2, 0) is 0 Å². The van der Waals surface area contributed by atoms with Crippen molar-refractivity contribution in [1.82, 2.24) is 19.9 Å². The van der Waals surface area contributed by atoms with Crippen molar-refractivity contribution in [1.29, 1.82) is 0 Å². The number of hydrogen-bond acceptors (Lipinski definition) is 6. The highest BCUT2D eigenvalue weighted by atomic mass is 19.1. The normalized spacial score (nSPS) is 13.3. The van der Waals surface area contributed by atoms with E-state index < -0.39 is 29.4 Å². The standard InChI is InChI=1S/C18H21F2N5O2/c1-18(2,3)13(5-14(26)27)24-17-12(20)8-23-16(25-17)11-7-22-15-10(11)4-9(19)6-21-15/h4,6-8,13-14,26-27H,5H2,1-3H3,(H,21,22)(H,23,24,25). The molecule has 3 aromatic rings. The molecule has 0 bridgehead atoms. The third-order valence-electron chi connectivity index (χ3n) is 4.29. The summed E-state index contributed by atoms with van der Waals surface area (Å²) in [5.41, 5.74) is 0.550. The van der Waals surface area contributed by atoms with Crippen molar-refractivity contribution in [2.45, 2.75) is 39.5 Å². The highest BCUT2D eigenvalue weighted by molar-refractivity contribution is 5.91. The summed E-state index contributed by atoms with van der Waals surface area (Å²) >= 11 is 0. The third kappa shape index (κ3) is 4.20. The smallest absolute Gasteiger partial charge is 0.183 e. The second-order valence-corrected chi connectivity index (χ2v) is 7.42. The van der Waals surface area contributed by atoms with E-state index in [1.807, 2.05) is 20.8 Å². The average molecular weight is 377 g/mol. The molecule has 144 valence electrons. The number of rotatable bonds is 5.